The Hall–Kier alpha value is -2.73. The molecule has 0 aliphatic heterocycles. The van der Waals surface area contributed by atoms with Crippen LogP contribution in [0.15, 0.2) is 68.1 Å². The van der Waals surface area contributed by atoms with E-state index in [1.54, 1.807) is 24.3 Å². The zero-order valence-electron chi connectivity index (χ0n) is 11.1. The highest BCUT2D eigenvalue weighted by atomic mass is 35.5. The van der Waals surface area contributed by atoms with Crippen LogP contribution in [0.3, 0.4) is 0 Å². The Morgan fingerprint density at radius 3 is 2.45 bits per heavy atom. The standard InChI is InChI=1S/C15H9ClFN3O2/c16-10-7-4-8-11(17)13(10)18-19-14-12(20-22-15(14)21)9-5-2-1-3-6-9/h1-8,20H. The summed E-state index contributed by atoms with van der Waals surface area (Å²) in [5.74, 6) is -0.627. The maximum absolute atomic E-state index is 13.7. The Balaban J connectivity index is 2.05. The van der Waals surface area contributed by atoms with Gasteiger partial charge in [-0.15, -0.1) is 10.2 Å². The Kier molecular flexibility index (Phi) is 3.84. The van der Waals surface area contributed by atoms with Crippen molar-refractivity contribution in [1.82, 2.24) is 5.16 Å². The summed E-state index contributed by atoms with van der Waals surface area (Å²) < 4.78 is 18.4. The summed E-state index contributed by atoms with van der Waals surface area (Å²) in [5.41, 5.74) is 0.174. The van der Waals surface area contributed by atoms with Crippen LogP contribution < -0.4 is 5.63 Å². The van der Waals surface area contributed by atoms with E-state index < -0.39 is 11.4 Å². The van der Waals surface area contributed by atoms with Crippen molar-refractivity contribution in [3.05, 3.63) is 69.8 Å². The predicted octanol–water partition coefficient (Wildman–Crippen LogP) is 4.84. The number of nitrogens with zero attached hydrogens (tertiary/aromatic N) is 2. The number of aromatic nitrogens is 1. The number of rotatable bonds is 3. The van der Waals surface area contributed by atoms with Crippen LogP contribution in [0.4, 0.5) is 15.8 Å². The highest BCUT2D eigenvalue weighted by Gasteiger charge is 2.14. The molecule has 0 aliphatic carbocycles. The lowest BCUT2D eigenvalue weighted by Crippen LogP contribution is -1.90. The molecule has 1 heterocycles. The molecular weight excluding hydrogens is 309 g/mol. The van der Waals surface area contributed by atoms with E-state index in [2.05, 4.69) is 15.4 Å². The van der Waals surface area contributed by atoms with Gasteiger partial charge in [0.2, 0.25) is 0 Å². The molecule has 1 aromatic heterocycles. The number of hydrogen-bond donors (Lipinski definition) is 1. The van der Waals surface area contributed by atoms with Crippen molar-refractivity contribution in [3.63, 3.8) is 0 Å². The smallest absolute Gasteiger partial charge is 0.336 e. The molecule has 0 fully saturated rings. The normalized spacial score (nSPS) is 11.2. The molecule has 0 saturated heterocycles. The summed E-state index contributed by atoms with van der Waals surface area (Å²) in [6, 6.07) is 13.1. The zero-order chi connectivity index (χ0) is 15.5. The fourth-order valence-electron chi connectivity index (χ4n) is 1.87. The predicted molar refractivity (Wildman–Crippen MR) is 80.4 cm³/mol. The summed E-state index contributed by atoms with van der Waals surface area (Å²) in [6.07, 6.45) is 0. The van der Waals surface area contributed by atoms with E-state index in [-0.39, 0.29) is 16.4 Å². The molecule has 0 bridgehead atoms. The third-order valence-corrected chi connectivity index (χ3v) is 3.23. The maximum Gasteiger partial charge on any atom is 0.385 e. The van der Waals surface area contributed by atoms with Gasteiger partial charge in [0, 0.05) is 5.56 Å². The number of H-pyrrole nitrogens is 1. The fourth-order valence-corrected chi connectivity index (χ4v) is 2.07. The van der Waals surface area contributed by atoms with Gasteiger partial charge in [-0.25, -0.2) is 14.3 Å². The first-order valence-electron chi connectivity index (χ1n) is 6.29. The number of halogens is 2. The largest absolute Gasteiger partial charge is 0.385 e. The first kappa shape index (κ1) is 14.2. The van der Waals surface area contributed by atoms with Gasteiger partial charge in [-0.3, -0.25) is 0 Å². The molecule has 22 heavy (non-hydrogen) atoms. The molecule has 0 saturated carbocycles. The van der Waals surface area contributed by atoms with Crippen LogP contribution in [0.5, 0.6) is 0 Å². The third-order valence-electron chi connectivity index (χ3n) is 2.93. The minimum Gasteiger partial charge on any atom is -0.336 e. The van der Waals surface area contributed by atoms with E-state index in [0.717, 1.165) is 0 Å². The SMILES string of the molecule is O=c1o[nH]c(-c2ccccc2)c1N=Nc1c(F)cccc1Cl. The first-order chi connectivity index (χ1) is 10.7. The van der Waals surface area contributed by atoms with Gasteiger partial charge in [-0.1, -0.05) is 48.0 Å². The lowest BCUT2D eigenvalue weighted by molar-refractivity contribution is 0.394. The van der Waals surface area contributed by atoms with Gasteiger partial charge in [0.15, 0.2) is 11.5 Å². The second-order valence-corrected chi connectivity index (χ2v) is 4.76. The van der Waals surface area contributed by atoms with Crippen LogP contribution in [0.2, 0.25) is 5.02 Å². The van der Waals surface area contributed by atoms with Gasteiger partial charge in [-0.2, -0.15) is 0 Å². The van der Waals surface area contributed by atoms with Gasteiger partial charge < -0.3 is 4.52 Å². The van der Waals surface area contributed by atoms with Crippen molar-refractivity contribution < 1.29 is 8.91 Å². The molecule has 3 rings (SSSR count). The van der Waals surface area contributed by atoms with Crippen molar-refractivity contribution in [3.8, 4) is 11.3 Å². The van der Waals surface area contributed by atoms with Crippen LogP contribution >= 0.6 is 11.6 Å². The number of nitrogens with one attached hydrogen (secondary N) is 1. The monoisotopic (exact) mass is 317 g/mol. The summed E-state index contributed by atoms with van der Waals surface area (Å²) in [6.45, 7) is 0. The molecule has 3 aromatic rings. The average molecular weight is 318 g/mol. The van der Waals surface area contributed by atoms with E-state index in [0.29, 0.717) is 11.3 Å². The van der Waals surface area contributed by atoms with Crippen molar-refractivity contribution in [2.75, 3.05) is 0 Å². The van der Waals surface area contributed by atoms with E-state index in [1.807, 2.05) is 6.07 Å². The van der Waals surface area contributed by atoms with Crippen LogP contribution in [0.1, 0.15) is 0 Å². The third kappa shape index (κ3) is 2.68. The van der Waals surface area contributed by atoms with Gasteiger partial charge in [0.25, 0.3) is 0 Å². The van der Waals surface area contributed by atoms with Crippen molar-refractivity contribution in [2.24, 2.45) is 10.2 Å². The molecule has 7 heteroatoms. The Morgan fingerprint density at radius 1 is 1.00 bits per heavy atom. The Bertz CT molecular complexity index is 867. The van der Waals surface area contributed by atoms with Crippen molar-refractivity contribution >= 4 is 23.0 Å². The Morgan fingerprint density at radius 2 is 1.73 bits per heavy atom. The molecular formula is C15H9ClFN3O2. The van der Waals surface area contributed by atoms with Gasteiger partial charge in [0.1, 0.15) is 11.4 Å². The molecule has 0 radical (unpaired) electrons. The van der Waals surface area contributed by atoms with Crippen molar-refractivity contribution in [2.45, 2.75) is 0 Å². The summed E-state index contributed by atoms with van der Waals surface area (Å²) in [7, 11) is 0. The highest BCUT2D eigenvalue weighted by Crippen LogP contribution is 2.31. The zero-order valence-corrected chi connectivity index (χ0v) is 11.8. The van der Waals surface area contributed by atoms with Gasteiger partial charge >= 0.3 is 5.63 Å². The van der Waals surface area contributed by atoms with Crippen LogP contribution in [0, 0.1) is 5.82 Å². The van der Waals surface area contributed by atoms with E-state index in [4.69, 9.17) is 16.1 Å². The van der Waals surface area contributed by atoms with E-state index in [9.17, 15) is 9.18 Å². The molecule has 1 N–H and O–H groups in total. The van der Waals surface area contributed by atoms with E-state index in [1.165, 1.54) is 18.2 Å². The number of benzene rings is 2. The molecule has 0 amide bonds. The summed E-state index contributed by atoms with van der Waals surface area (Å²) in [4.78, 5) is 11.7. The molecule has 0 unspecified atom stereocenters. The second kappa shape index (κ2) is 5.95. The molecule has 110 valence electrons. The molecule has 0 aliphatic rings. The highest BCUT2D eigenvalue weighted by molar-refractivity contribution is 6.32. The summed E-state index contributed by atoms with van der Waals surface area (Å²) in [5, 5.41) is 10.1. The lowest BCUT2D eigenvalue weighted by Gasteiger charge is -1.98. The number of aromatic amines is 1. The fraction of sp³-hybridized carbons (Fsp3) is 0. The van der Waals surface area contributed by atoms with Crippen molar-refractivity contribution in [1.29, 1.82) is 0 Å². The summed E-state index contributed by atoms with van der Waals surface area (Å²) >= 11 is 5.86. The molecule has 5 nitrogen and oxygen atoms in total. The average Bonchev–Trinajstić information content (AvgIpc) is 2.89. The van der Waals surface area contributed by atoms with Gasteiger partial charge in [-0.05, 0) is 12.1 Å². The number of azo groups is 1. The van der Waals surface area contributed by atoms with Crippen LogP contribution in [0.25, 0.3) is 11.3 Å². The van der Waals surface area contributed by atoms with Crippen LogP contribution in [-0.2, 0) is 0 Å². The molecule has 2 aromatic carbocycles. The van der Waals surface area contributed by atoms with E-state index >= 15 is 0 Å². The quantitative estimate of drug-likeness (QED) is 0.702. The maximum atomic E-state index is 13.7. The number of hydrogen-bond acceptors (Lipinski definition) is 4. The minimum atomic E-state index is -0.699. The first-order valence-corrected chi connectivity index (χ1v) is 6.67. The molecule has 0 atom stereocenters. The topological polar surface area (TPSA) is 70.7 Å². The van der Waals surface area contributed by atoms with Gasteiger partial charge in [0.05, 0.1) is 5.02 Å². The second-order valence-electron chi connectivity index (χ2n) is 4.35. The lowest BCUT2D eigenvalue weighted by atomic mass is 10.1. The Labute approximate surface area is 129 Å². The molecule has 0 spiro atoms. The minimum absolute atomic E-state index is 0.0504. The van der Waals surface area contributed by atoms with Crippen LogP contribution in [-0.4, -0.2) is 5.16 Å².